The second-order valence-electron chi connectivity index (χ2n) is 8.50. The van der Waals surface area contributed by atoms with Gasteiger partial charge in [-0.2, -0.15) is 0 Å². The van der Waals surface area contributed by atoms with E-state index < -0.39 is 0 Å². The standard InChI is InChI=1S/C22H30N/c1-14-10-15(2)19-12-20(16(3)11-18(14)19)21-9-8-17(13-23(21)7)22(4,5)6/h8-9,11-15H,10H2,1-7H3/q+1. The van der Waals surface area contributed by atoms with Gasteiger partial charge in [-0.15, -0.1) is 0 Å². The summed E-state index contributed by atoms with van der Waals surface area (Å²) in [6.45, 7) is 13.8. The first-order valence-corrected chi connectivity index (χ1v) is 8.83. The number of hydrogen-bond donors (Lipinski definition) is 0. The van der Waals surface area contributed by atoms with Gasteiger partial charge in [0.15, 0.2) is 6.20 Å². The van der Waals surface area contributed by atoms with Gasteiger partial charge in [0.2, 0.25) is 5.69 Å². The first-order valence-electron chi connectivity index (χ1n) is 8.83. The molecule has 23 heavy (non-hydrogen) atoms. The minimum Gasteiger partial charge on any atom is -0.201 e. The van der Waals surface area contributed by atoms with E-state index in [2.05, 4.69) is 83.6 Å². The number of aromatic nitrogens is 1. The molecular formula is C22H30N+. The topological polar surface area (TPSA) is 3.88 Å². The van der Waals surface area contributed by atoms with E-state index in [1.54, 1.807) is 11.1 Å². The maximum atomic E-state index is 2.45. The molecule has 122 valence electrons. The summed E-state index contributed by atoms with van der Waals surface area (Å²) in [6, 6.07) is 9.45. The van der Waals surface area contributed by atoms with Gasteiger partial charge in [0, 0.05) is 17.2 Å². The molecule has 1 nitrogen and oxygen atoms in total. The fraction of sp³-hybridized carbons (Fsp3) is 0.500. The number of pyridine rings is 1. The van der Waals surface area contributed by atoms with E-state index in [9.17, 15) is 0 Å². The largest absolute Gasteiger partial charge is 0.212 e. The summed E-state index contributed by atoms with van der Waals surface area (Å²) < 4.78 is 2.29. The van der Waals surface area contributed by atoms with E-state index in [1.807, 2.05) is 0 Å². The predicted molar refractivity (Wildman–Crippen MR) is 97.9 cm³/mol. The summed E-state index contributed by atoms with van der Waals surface area (Å²) in [5, 5.41) is 0. The fourth-order valence-corrected chi connectivity index (χ4v) is 3.99. The second-order valence-corrected chi connectivity index (χ2v) is 8.50. The normalized spacial score (nSPS) is 20.7. The molecule has 0 radical (unpaired) electrons. The fourth-order valence-electron chi connectivity index (χ4n) is 3.99. The third kappa shape index (κ3) is 2.82. The van der Waals surface area contributed by atoms with Crippen LogP contribution in [0.15, 0.2) is 30.5 Å². The number of hydrogen-bond acceptors (Lipinski definition) is 0. The van der Waals surface area contributed by atoms with Crippen LogP contribution >= 0.6 is 0 Å². The molecule has 0 spiro atoms. The van der Waals surface area contributed by atoms with Gasteiger partial charge in [-0.25, -0.2) is 4.57 Å². The molecule has 1 aliphatic rings. The predicted octanol–water partition coefficient (Wildman–Crippen LogP) is 5.39. The first-order chi connectivity index (χ1) is 10.7. The third-order valence-corrected chi connectivity index (χ3v) is 5.47. The van der Waals surface area contributed by atoms with E-state index in [0.717, 1.165) is 0 Å². The highest BCUT2D eigenvalue weighted by Crippen LogP contribution is 2.43. The molecule has 1 heterocycles. The zero-order valence-corrected chi connectivity index (χ0v) is 15.7. The Bertz CT molecular complexity index is 749. The van der Waals surface area contributed by atoms with Crippen molar-refractivity contribution in [3.8, 4) is 11.3 Å². The highest BCUT2D eigenvalue weighted by atomic mass is 14.9. The van der Waals surface area contributed by atoms with Gasteiger partial charge in [0.25, 0.3) is 0 Å². The highest BCUT2D eigenvalue weighted by molar-refractivity contribution is 5.65. The number of aryl methyl sites for hydroxylation is 2. The van der Waals surface area contributed by atoms with Crippen LogP contribution in [-0.4, -0.2) is 0 Å². The van der Waals surface area contributed by atoms with Crippen molar-refractivity contribution in [2.75, 3.05) is 0 Å². The molecule has 1 aromatic heterocycles. The van der Waals surface area contributed by atoms with Crippen LogP contribution in [0.25, 0.3) is 11.3 Å². The monoisotopic (exact) mass is 308 g/mol. The molecule has 0 fully saturated rings. The lowest BCUT2D eigenvalue weighted by atomic mass is 9.87. The van der Waals surface area contributed by atoms with Crippen LogP contribution in [-0.2, 0) is 12.5 Å². The molecule has 2 atom stereocenters. The molecule has 0 N–H and O–H groups in total. The van der Waals surface area contributed by atoms with Gasteiger partial charge in [0.05, 0.1) is 0 Å². The Morgan fingerprint density at radius 3 is 2.17 bits per heavy atom. The quantitative estimate of drug-likeness (QED) is 0.621. The number of rotatable bonds is 1. The Morgan fingerprint density at radius 2 is 1.61 bits per heavy atom. The number of nitrogens with zero attached hydrogens (tertiary/aromatic N) is 1. The Labute approximate surface area is 141 Å². The molecule has 1 aliphatic carbocycles. The summed E-state index contributed by atoms with van der Waals surface area (Å²) in [4.78, 5) is 0. The van der Waals surface area contributed by atoms with E-state index in [4.69, 9.17) is 0 Å². The van der Waals surface area contributed by atoms with Crippen LogP contribution in [0.3, 0.4) is 0 Å². The summed E-state index contributed by atoms with van der Waals surface area (Å²) in [5.74, 6) is 1.38. The average molecular weight is 308 g/mol. The van der Waals surface area contributed by atoms with Crippen molar-refractivity contribution in [3.63, 3.8) is 0 Å². The minimum absolute atomic E-state index is 0.188. The zero-order chi connectivity index (χ0) is 16.9. The lowest BCUT2D eigenvalue weighted by molar-refractivity contribution is -0.661. The summed E-state index contributed by atoms with van der Waals surface area (Å²) in [6.07, 6.45) is 3.57. The smallest absolute Gasteiger partial charge is 0.201 e. The lowest BCUT2D eigenvalue weighted by Gasteiger charge is -2.18. The van der Waals surface area contributed by atoms with Gasteiger partial charge in [-0.3, -0.25) is 0 Å². The first kappa shape index (κ1) is 16.2. The van der Waals surface area contributed by atoms with Gasteiger partial charge >= 0.3 is 0 Å². The van der Waals surface area contributed by atoms with Gasteiger partial charge in [0.1, 0.15) is 7.05 Å². The molecule has 0 saturated carbocycles. The maximum Gasteiger partial charge on any atom is 0.212 e. The van der Waals surface area contributed by atoms with Crippen molar-refractivity contribution >= 4 is 0 Å². The summed E-state index contributed by atoms with van der Waals surface area (Å²) >= 11 is 0. The summed E-state index contributed by atoms with van der Waals surface area (Å²) in [7, 11) is 2.17. The van der Waals surface area contributed by atoms with Crippen molar-refractivity contribution in [2.45, 2.75) is 65.2 Å². The molecule has 1 heteroatoms. The van der Waals surface area contributed by atoms with Crippen LogP contribution in [0.1, 0.15) is 75.1 Å². The molecule has 3 rings (SSSR count). The SMILES string of the molecule is Cc1cc2c(cc1-c1ccc(C(C)(C)C)c[n+]1C)C(C)CC2C. The van der Waals surface area contributed by atoms with Crippen molar-refractivity contribution in [1.82, 2.24) is 0 Å². The van der Waals surface area contributed by atoms with Crippen LogP contribution in [0, 0.1) is 6.92 Å². The average Bonchev–Trinajstić information content (AvgIpc) is 2.72. The van der Waals surface area contributed by atoms with E-state index >= 15 is 0 Å². The Kier molecular flexibility index (Phi) is 3.86. The second kappa shape index (κ2) is 5.47. The maximum absolute atomic E-state index is 2.45. The molecule has 0 amide bonds. The molecule has 0 aliphatic heterocycles. The van der Waals surface area contributed by atoms with Crippen LogP contribution in [0.4, 0.5) is 0 Å². The van der Waals surface area contributed by atoms with Gasteiger partial charge in [-0.1, -0.05) is 40.7 Å². The van der Waals surface area contributed by atoms with Crippen molar-refractivity contribution < 1.29 is 4.57 Å². The Balaban J connectivity index is 2.12. The molecule has 2 unspecified atom stereocenters. The lowest BCUT2D eigenvalue weighted by Crippen LogP contribution is -2.33. The van der Waals surface area contributed by atoms with Gasteiger partial charge < -0.3 is 0 Å². The number of fused-ring (bicyclic) bond motifs is 1. The van der Waals surface area contributed by atoms with Crippen LogP contribution in [0.5, 0.6) is 0 Å². The molecule has 0 saturated heterocycles. The molecule has 0 bridgehead atoms. The minimum atomic E-state index is 0.188. The van der Waals surface area contributed by atoms with E-state index in [1.165, 1.54) is 28.8 Å². The molecule has 1 aromatic carbocycles. The van der Waals surface area contributed by atoms with Crippen molar-refractivity contribution in [3.05, 3.63) is 52.7 Å². The van der Waals surface area contributed by atoms with Gasteiger partial charge in [-0.05, 0) is 59.4 Å². The molecular weight excluding hydrogens is 278 g/mol. The number of benzene rings is 1. The van der Waals surface area contributed by atoms with Crippen LogP contribution < -0.4 is 4.57 Å². The Hall–Kier alpha value is -1.63. The highest BCUT2D eigenvalue weighted by Gasteiger charge is 2.28. The molecule has 2 aromatic rings. The van der Waals surface area contributed by atoms with E-state index in [0.29, 0.717) is 11.8 Å². The zero-order valence-electron chi connectivity index (χ0n) is 15.7. The van der Waals surface area contributed by atoms with Crippen molar-refractivity contribution in [2.24, 2.45) is 7.05 Å². The third-order valence-electron chi connectivity index (χ3n) is 5.47. The van der Waals surface area contributed by atoms with Crippen LogP contribution in [0.2, 0.25) is 0 Å². The summed E-state index contributed by atoms with van der Waals surface area (Å²) in [5.41, 5.74) is 8.77. The van der Waals surface area contributed by atoms with E-state index in [-0.39, 0.29) is 5.41 Å². The Morgan fingerprint density at radius 1 is 1.00 bits per heavy atom. The van der Waals surface area contributed by atoms with Crippen molar-refractivity contribution in [1.29, 1.82) is 0 Å².